The van der Waals surface area contributed by atoms with E-state index in [1.165, 1.54) is 0 Å². The molecule has 0 bridgehead atoms. The molecule has 0 spiro atoms. The topological polar surface area (TPSA) is 49.3 Å². The number of likely N-dealkylation sites (N-methyl/N-ethyl adjacent to an activating group) is 1. The molecule has 3 heterocycles. The molecule has 2 aliphatic rings. The number of carbonyl (C=O) groups excluding carboxylic acids is 1. The molecule has 1 aliphatic carbocycles. The lowest BCUT2D eigenvalue weighted by Gasteiger charge is -2.33. The summed E-state index contributed by atoms with van der Waals surface area (Å²) in [4.78, 5) is 26.1. The second kappa shape index (κ2) is 8.28. The van der Waals surface area contributed by atoms with Gasteiger partial charge in [0, 0.05) is 54.8 Å². The number of aromatic nitrogens is 2. The molecule has 5 nitrogen and oxygen atoms in total. The minimum Gasteiger partial charge on any atom is -0.354 e. The molecule has 30 heavy (non-hydrogen) atoms. The van der Waals surface area contributed by atoms with Gasteiger partial charge in [-0.3, -0.25) is 4.79 Å². The maximum absolute atomic E-state index is 12.0. The zero-order valence-electron chi connectivity index (χ0n) is 17.3. The Kier molecular flexibility index (Phi) is 5.35. The van der Waals surface area contributed by atoms with Gasteiger partial charge in [-0.1, -0.05) is 24.3 Å². The lowest BCUT2D eigenvalue weighted by atomic mass is 10.0. The first-order valence-electron chi connectivity index (χ1n) is 10.6. The zero-order valence-corrected chi connectivity index (χ0v) is 18.1. The van der Waals surface area contributed by atoms with E-state index in [1.807, 2.05) is 6.20 Å². The third-order valence-electron chi connectivity index (χ3n) is 6.00. The third-order valence-corrected chi connectivity index (χ3v) is 6.85. The van der Waals surface area contributed by atoms with Gasteiger partial charge in [-0.15, -0.1) is 11.3 Å². The molecule has 6 heteroatoms. The summed E-state index contributed by atoms with van der Waals surface area (Å²) >= 11 is 1.58. The number of benzene rings is 1. The molecule has 5 rings (SSSR count). The summed E-state index contributed by atoms with van der Waals surface area (Å²) in [6.45, 7) is 4.22. The van der Waals surface area contributed by atoms with E-state index in [0.29, 0.717) is 18.1 Å². The van der Waals surface area contributed by atoms with Crippen molar-refractivity contribution >= 4 is 22.9 Å². The molecule has 0 N–H and O–H groups in total. The molecule has 1 saturated heterocycles. The lowest BCUT2D eigenvalue weighted by molar-refractivity contribution is -0.119. The summed E-state index contributed by atoms with van der Waals surface area (Å²) in [7, 11) is 2.16. The standard InChI is InChI=1S/C24H26N4OS/c1-27-10-12-28(13-11-27)23-9-8-20(15-25-23)17-2-4-18(5-3-17)21-16-30-24(26-21)14-22(29)19-6-7-19/h2-5,8-9,15-16,19H,6-7,10-14H2,1H3. The first-order chi connectivity index (χ1) is 14.7. The van der Waals surface area contributed by atoms with Crippen LogP contribution in [0.25, 0.3) is 22.4 Å². The lowest BCUT2D eigenvalue weighted by Crippen LogP contribution is -2.44. The molecule has 154 valence electrons. The first kappa shape index (κ1) is 19.4. The Morgan fingerprint density at radius 1 is 1.00 bits per heavy atom. The number of nitrogens with zero attached hydrogens (tertiary/aromatic N) is 4. The Morgan fingerprint density at radius 3 is 2.37 bits per heavy atom. The van der Waals surface area contributed by atoms with Crippen LogP contribution in [0.2, 0.25) is 0 Å². The van der Waals surface area contributed by atoms with Gasteiger partial charge in [0.2, 0.25) is 0 Å². The molecule has 0 amide bonds. The van der Waals surface area contributed by atoms with Gasteiger partial charge in [0.25, 0.3) is 0 Å². The zero-order chi connectivity index (χ0) is 20.5. The number of anilines is 1. The Balaban J connectivity index is 1.26. The van der Waals surface area contributed by atoms with E-state index in [9.17, 15) is 4.79 Å². The largest absolute Gasteiger partial charge is 0.354 e. The van der Waals surface area contributed by atoms with Crippen LogP contribution in [-0.2, 0) is 11.2 Å². The normalized spacial score (nSPS) is 17.3. The van der Waals surface area contributed by atoms with Crippen LogP contribution in [0.4, 0.5) is 5.82 Å². The maximum atomic E-state index is 12.0. The minimum atomic E-state index is 0.299. The third kappa shape index (κ3) is 4.30. The van der Waals surface area contributed by atoms with Crippen molar-refractivity contribution in [3.05, 3.63) is 53.0 Å². The van der Waals surface area contributed by atoms with E-state index in [1.54, 1.807) is 11.3 Å². The number of piperazine rings is 1. The predicted octanol–water partition coefficient (Wildman–Crippen LogP) is 4.15. The number of hydrogen-bond acceptors (Lipinski definition) is 6. The van der Waals surface area contributed by atoms with Gasteiger partial charge >= 0.3 is 0 Å². The highest BCUT2D eigenvalue weighted by atomic mass is 32.1. The number of hydrogen-bond donors (Lipinski definition) is 0. The quantitative estimate of drug-likeness (QED) is 0.602. The van der Waals surface area contributed by atoms with Crippen molar-refractivity contribution in [1.29, 1.82) is 0 Å². The van der Waals surface area contributed by atoms with Crippen LogP contribution < -0.4 is 4.90 Å². The molecule has 2 aromatic heterocycles. The van der Waals surface area contributed by atoms with Crippen molar-refractivity contribution < 1.29 is 4.79 Å². The molecule has 0 radical (unpaired) electrons. The molecule has 2 fully saturated rings. The van der Waals surface area contributed by atoms with Crippen LogP contribution in [0.3, 0.4) is 0 Å². The molecular weight excluding hydrogens is 392 g/mol. The SMILES string of the molecule is CN1CCN(c2ccc(-c3ccc(-c4csc(CC(=O)C5CC5)n4)cc3)cn2)CC1. The summed E-state index contributed by atoms with van der Waals surface area (Å²) in [5.74, 6) is 1.70. The molecule has 1 saturated carbocycles. The van der Waals surface area contributed by atoms with Crippen molar-refractivity contribution in [2.45, 2.75) is 19.3 Å². The highest BCUT2D eigenvalue weighted by Gasteiger charge is 2.29. The van der Waals surface area contributed by atoms with Crippen molar-refractivity contribution in [2.24, 2.45) is 5.92 Å². The van der Waals surface area contributed by atoms with Gasteiger partial charge in [0.05, 0.1) is 12.1 Å². The summed E-state index contributed by atoms with van der Waals surface area (Å²) in [5, 5.41) is 2.98. The van der Waals surface area contributed by atoms with E-state index in [0.717, 1.165) is 72.2 Å². The van der Waals surface area contributed by atoms with Crippen LogP contribution in [0, 0.1) is 5.92 Å². The summed E-state index contributed by atoms with van der Waals surface area (Å²) in [6, 6.07) is 12.7. The maximum Gasteiger partial charge on any atom is 0.142 e. The molecule has 3 aromatic rings. The van der Waals surface area contributed by atoms with E-state index in [-0.39, 0.29) is 0 Å². The Morgan fingerprint density at radius 2 is 1.70 bits per heavy atom. The van der Waals surface area contributed by atoms with E-state index >= 15 is 0 Å². The highest BCUT2D eigenvalue weighted by molar-refractivity contribution is 7.10. The number of ketones is 1. The molecule has 1 aromatic carbocycles. The van der Waals surface area contributed by atoms with Crippen LogP contribution >= 0.6 is 11.3 Å². The van der Waals surface area contributed by atoms with Crippen molar-refractivity contribution in [3.63, 3.8) is 0 Å². The smallest absolute Gasteiger partial charge is 0.142 e. The minimum absolute atomic E-state index is 0.299. The Hall–Kier alpha value is -2.57. The summed E-state index contributed by atoms with van der Waals surface area (Å²) in [5.41, 5.74) is 4.31. The van der Waals surface area contributed by atoms with Crippen LogP contribution in [-0.4, -0.2) is 53.9 Å². The van der Waals surface area contributed by atoms with Crippen molar-refractivity contribution in [1.82, 2.24) is 14.9 Å². The van der Waals surface area contributed by atoms with E-state index in [4.69, 9.17) is 4.98 Å². The highest BCUT2D eigenvalue weighted by Crippen LogP contribution is 2.32. The van der Waals surface area contributed by atoms with Gasteiger partial charge < -0.3 is 9.80 Å². The van der Waals surface area contributed by atoms with Gasteiger partial charge in [-0.25, -0.2) is 9.97 Å². The number of thiazole rings is 1. The first-order valence-corrected chi connectivity index (χ1v) is 11.5. The fraction of sp³-hybridized carbons (Fsp3) is 0.375. The fourth-order valence-corrected chi connectivity index (χ4v) is 4.65. The second-order valence-electron chi connectivity index (χ2n) is 8.32. The second-order valence-corrected chi connectivity index (χ2v) is 9.26. The van der Waals surface area contributed by atoms with Crippen molar-refractivity contribution in [2.75, 3.05) is 38.1 Å². The van der Waals surface area contributed by atoms with Gasteiger partial charge in [0.1, 0.15) is 16.6 Å². The summed E-state index contributed by atoms with van der Waals surface area (Å²) < 4.78 is 0. The number of carbonyl (C=O) groups is 1. The summed E-state index contributed by atoms with van der Waals surface area (Å²) in [6.07, 6.45) is 4.57. The monoisotopic (exact) mass is 418 g/mol. The molecule has 1 aliphatic heterocycles. The average molecular weight is 419 g/mol. The molecule has 0 atom stereocenters. The number of Topliss-reactive ketones (excluding diaryl/α,β-unsaturated/α-hetero) is 1. The Bertz CT molecular complexity index is 1020. The van der Waals surface area contributed by atoms with Gasteiger partial charge in [-0.05, 0) is 37.6 Å². The van der Waals surface area contributed by atoms with Gasteiger partial charge in [0.15, 0.2) is 0 Å². The van der Waals surface area contributed by atoms with Crippen LogP contribution in [0.1, 0.15) is 17.8 Å². The Labute approximate surface area is 181 Å². The van der Waals surface area contributed by atoms with E-state index < -0.39 is 0 Å². The average Bonchev–Trinajstić information content (AvgIpc) is 3.54. The predicted molar refractivity (Wildman–Crippen MR) is 122 cm³/mol. The van der Waals surface area contributed by atoms with Crippen molar-refractivity contribution in [3.8, 4) is 22.4 Å². The van der Waals surface area contributed by atoms with E-state index in [2.05, 4.69) is 63.6 Å². The van der Waals surface area contributed by atoms with Gasteiger partial charge in [-0.2, -0.15) is 0 Å². The van der Waals surface area contributed by atoms with Crippen LogP contribution in [0.5, 0.6) is 0 Å². The number of pyridine rings is 1. The fourth-order valence-electron chi connectivity index (χ4n) is 3.84. The molecule has 0 unspecified atom stereocenters. The molecular formula is C24H26N4OS. The van der Waals surface area contributed by atoms with Crippen LogP contribution in [0.15, 0.2) is 48.0 Å². The number of rotatable bonds is 6.